The lowest BCUT2D eigenvalue weighted by atomic mass is 10.2. The van der Waals surface area contributed by atoms with Crippen LogP contribution in [-0.2, 0) is 17.8 Å². The van der Waals surface area contributed by atoms with Crippen molar-refractivity contribution in [3.8, 4) is 10.7 Å². The second kappa shape index (κ2) is 7.19. The number of amides is 1. The topological polar surface area (TPSA) is 59.2 Å². The molecule has 2 aromatic heterocycles. The quantitative estimate of drug-likeness (QED) is 0.696. The number of rotatable bonds is 6. The number of hydrogen-bond donors (Lipinski definition) is 0. The zero-order valence-electron chi connectivity index (χ0n) is 12.8. The van der Waals surface area contributed by atoms with Gasteiger partial charge in [0.05, 0.1) is 4.88 Å². The van der Waals surface area contributed by atoms with E-state index in [4.69, 9.17) is 4.52 Å². The molecule has 3 rings (SSSR count). The Morgan fingerprint density at radius 2 is 2.04 bits per heavy atom. The predicted molar refractivity (Wildman–Crippen MR) is 88.8 cm³/mol. The van der Waals surface area contributed by atoms with Crippen molar-refractivity contribution in [3.05, 3.63) is 59.3 Å². The molecule has 5 nitrogen and oxygen atoms in total. The summed E-state index contributed by atoms with van der Waals surface area (Å²) >= 11 is 1.56. The number of benzene rings is 1. The number of nitrogens with zero attached hydrogens (tertiary/aromatic N) is 3. The predicted octanol–water partition coefficient (Wildman–Crippen LogP) is 3.39. The van der Waals surface area contributed by atoms with Gasteiger partial charge in [0.25, 0.3) is 0 Å². The first-order valence-electron chi connectivity index (χ1n) is 7.37. The number of aryl methyl sites for hydroxylation is 1. The molecule has 0 saturated heterocycles. The van der Waals surface area contributed by atoms with Crippen LogP contribution in [0.1, 0.15) is 17.9 Å². The molecule has 0 aliphatic heterocycles. The van der Waals surface area contributed by atoms with Crippen LogP contribution < -0.4 is 0 Å². The standard InChI is InChI=1S/C17H17N3O2S/c1-20(12-13-6-3-2-4-7-13)16(21)10-9-15-18-17(19-22-15)14-8-5-11-23-14/h2-8,11H,9-10,12H2,1H3. The van der Waals surface area contributed by atoms with Gasteiger partial charge in [-0.1, -0.05) is 41.6 Å². The number of carbonyl (C=O) groups is 1. The summed E-state index contributed by atoms with van der Waals surface area (Å²) in [6.07, 6.45) is 0.811. The minimum absolute atomic E-state index is 0.0599. The molecular weight excluding hydrogens is 310 g/mol. The third-order valence-corrected chi connectivity index (χ3v) is 4.32. The van der Waals surface area contributed by atoms with Crippen LogP contribution >= 0.6 is 11.3 Å². The highest BCUT2D eigenvalue weighted by Gasteiger charge is 2.13. The minimum atomic E-state index is 0.0599. The molecule has 0 N–H and O–H groups in total. The lowest BCUT2D eigenvalue weighted by Gasteiger charge is -2.16. The van der Waals surface area contributed by atoms with E-state index >= 15 is 0 Å². The molecule has 118 valence electrons. The lowest BCUT2D eigenvalue weighted by Crippen LogP contribution is -2.26. The van der Waals surface area contributed by atoms with Gasteiger partial charge < -0.3 is 9.42 Å². The third kappa shape index (κ3) is 4.04. The summed E-state index contributed by atoms with van der Waals surface area (Å²) in [6, 6.07) is 13.8. The zero-order valence-corrected chi connectivity index (χ0v) is 13.6. The molecule has 1 aromatic carbocycles. The molecule has 1 amide bonds. The number of hydrogen-bond acceptors (Lipinski definition) is 5. The third-order valence-electron chi connectivity index (χ3n) is 3.45. The van der Waals surface area contributed by atoms with Gasteiger partial charge in [-0.2, -0.15) is 4.98 Å². The van der Waals surface area contributed by atoms with E-state index in [-0.39, 0.29) is 5.91 Å². The average molecular weight is 327 g/mol. The molecule has 6 heteroatoms. The van der Waals surface area contributed by atoms with E-state index in [1.807, 2.05) is 47.8 Å². The van der Waals surface area contributed by atoms with Crippen LogP contribution in [0.5, 0.6) is 0 Å². The van der Waals surface area contributed by atoms with E-state index in [0.29, 0.717) is 31.1 Å². The van der Waals surface area contributed by atoms with Crippen molar-refractivity contribution in [2.45, 2.75) is 19.4 Å². The van der Waals surface area contributed by atoms with Crippen LogP contribution in [0.15, 0.2) is 52.4 Å². The van der Waals surface area contributed by atoms with Crippen molar-refractivity contribution in [1.29, 1.82) is 0 Å². The Balaban J connectivity index is 1.52. The molecule has 0 atom stereocenters. The Morgan fingerprint density at radius 3 is 2.78 bits per heavy atom. The Morgan fingerprint density at radius 1 is 1.22 bits per heavy atom. The van der Waals surface area contributed by atoms with Gasteiger partial charge in [-0.05, 0) is 17.0 Å². The van der Waals surface area contributed by atoms with E-state index in [1.54, 1.807) is 23.3 Å². The maximum atomic E-state index is 12.2. The van der Waals surface area contributed by atoms with E-state index in [9.17, 15) is 4.79 Å². The highest BCUT2D eigenvalue weighted by molar-refractivity contribution is 7.13. The van der Waals surface area contributed by atoms with E-state index in [2.05, 4.69) is 10.1 Å². The molecular formula is C17H17N3O2S. The summed E-state index contributed by atoms with van der Waals surface area (Å²) in [5.41, 5.74) is 1.11. The fourth-order valence-corrected chi connectivity index (χ4v) is 2.86. The monoisotopic (exact) mass is 327 g/mol. The molecule has 0 radical (unpaired) electrons. The Hall–Kier alpha value is -2.47. The Kier molecular flexibility index (Phi) is 4.83. The minimum Gasteiger partial charge on any atom is -0.341 e. The molecule has 0 fully saturated rings. The molecule has 0 spiro atoms. The number of carbonyl (C=O) groups excluding carboxylic acids is 1. The molecule has 0 bridgehead atoms. The van der Waals surface area contributed by atoms with Gasteiger partial charge in [0.1, 0.15) is 0 Å². The first kappa shape index (κ1) is 15.4. The second-order valence-corrected chi connectivity index (χ2v) is 6.17. The van der Waals surface area contributed by atoms with Gasteiger partial charge in [0, 0.05) is 26.4 Å². The molecule has 23 heavy (non-hydrogen) atoms. The zero-order chi connectivity index (χ0) is 16.1. The van der Waals surface area contributed by atoms with Crippen molar-refractivity contribution in [2.75, 3.05) is 7.05 Å². The normalized spacial score (nSPS) is 10.7. The van der Waals surface area contributed by atoms with Crippen molar-refractivity contribution in [3.63, 3.8) is 0 Å². The van der Waals surface area contributed by atoms with Crippen LogP contribution in [0.25, 0.3) is 10.7 Å². The van der Waals surface area contributed by atoms with Crippen LogP contribution in [0, 0.1) is 0 Å². The summed E-state index contributed by atoms with van der Waals surface area (Å²) in [4.78, 5) is 19.2. The summed E-state index contributed by atoms with van der Waals surface area (Å²) in [5.74, 6) is 1.14. The highest BCUT2D eigenvalue weighted by Crippen LogP contribution is 2.21. The van der Waals surface area contributed by atoms with Crippen molar-refractivity contribution < 1.29 is 9.32 Å². The van der Waals surface area contributed by atoms with E-state index in [0.717, 1.165) is 10.4 Å². The summed E-state index contributed by atoms with van der Waals surface area (Å²) < 4.78 is 5.21. The van der Waals surface area contributed by atoms with Gasteiger partial charge in [0.2, 0.25) is 17.6 Å². The maximum absolute atomic E-state index is 12.2. The van der Waals surface area contributed by atoms with Crippen molar-refractivity contribution in [1.82, 2.24) is 15.0 Å². The second-order valence-electron chi connectivity index (χ2n) is 5.22. The number of aromatic nitrogens is 2. The molecule has 3 aromatic rings. The molecule has 0 aliphatic rings. The van der Waals surface area contributed by atoms with Crippen LogP contribution in [-0.4, -0.2) is 28.0 Å². The van der Waals surface area contributed by atoms with Gasteiger partial charge in [-0.3, -0.25) is 4.79 Å². The molecule has 2 heterocycles. The summed E-state index contributed by atoms with van der Waals surface area (Å²) in [6.45, 7) is 0.601. The first-order valence-corrected chi connectivity index (χ1v) is 8.24. The SMILES string of the molecule is CN(Cc1ccccc1)C(=O)CCc1nc(-c2cccs2)no1. The average Bonchev–Trinajstić information content (AvgIpc) is 3.24. The fourth-order valence-electron chi connectivity index (χ4n) is 2.21. The van der Waals surface area contributed by atoms with Gasteiger partial charge in [-0.25, -0.2) is 0 Å². The molecule has 0 saturated carbocycles. The molecule has 0 unspecified atom stereocenters. The van der Waals surface area contributed by atoms with E-state index < -0.39 is 0 Å². The largest absolute Gasteiger partial charge is 0.341 e. The Bertz CT molecular complexity index is 753. The summed E-state index contributed by atoms with van der Waals surface area (Å²) in [5, 5.41) is 5.91. The maximum Gasteiger partial charge on any atom is 0.227 e. The van der Waals surface area contributed by atoms with Gasteiger partial charge >= 0.3 is 0 Å². The lowest BCUT2D eigenvalue weighted by molar-refractivity contribution is -0.130. The fraction of sp³-hybridized carbons (Fsp3) is 0.235. The van der Waals surface area contributed by atoms with Crippen molar-refractivity contribution >= 4 is 17.2 Å². The van der Waals surface area contributed by atoms with Crippen LogP contribution in [0.4, 0.5) is 0 Å². The van der Waals surface area contributed by atoms with Crippen LogP contribution in [0.3, 0.4) is 0 Å². The van der Waals surface area contributed by atoms with Gasteiger partial charge in [-0.15, -0.1) is 11.3 Å². The number of thiophene rings is 1. The van der Waals surface area contributed by atoms with Crippen molar-refractivity contribution in [2.24, 2.45) is 0 Å². The molecule has 0 aliphatic carbocycles. The van der Waals surface area contributed by atoms with Crippen LogP contribution in [0.2, 0.25) is 0 Å². The Labute approximate surface area is 138 Å². The highest BCUT2D eigenvalue weighted by atomic mass is 32.1. The summed E-state index contributed by atoms with van der Waals surface area (Å²) in [7, 11) is 1.81. The van der Waals surface area contributed by atoms with E-state index in [1.165, 1.54) is 0 Å². The first-order chi connectivity index (χ1) is 11.2. The van der Waals surface area contributed by atoms with Gasteiger partial charge in [0.15, 0.2) is 0 Å². The smallest absolute Gasteiger partial charge is 0.227 e.